The monoisotopic (exact) mass is 376 g/mol. The second-order valence-electron chi connectivity index (χ2n) is 5.67. The molecule has 0 saturated carbocycles. The molecule has 1 atom stereocenters. The number of benzene rings is 2. The van der Waals surface area contributed by atoms with Gasteiger partial charge in [0.25, 0.3) is 5.91 Å². The molecule has 2 aromatic carbocycles. The summed E-state index contributed by atoms with van der Waals surface area (Å²) in [7, 11) is 0. The van der Waals surface area contributed by atoms with E-state index >= 15 is 0 Å². The fourth-order valence-corrected chi connectivity index (χ4v) is 2.35. The smallest absolute Gasteiger partial charge is 0.308 e. The average molecular weight is 376 g/mol. The van der Waals surface area contributed by atoms with E-state index in [-0.39, 0.29) is 12.3 Å². The zero-order valence-electron chi connectivity index (χ0n) is 14.5. The summed E-state index contributed by atoms with van der Waals surface area (Å²) in [6, 6.07) is 11.3. The van der Waals surface area contributed by atoms with E-state index in [9.17, 15) is 23.2 Å². The Morgan fingerprint density at radius 3 is 2.22 bits per heavy atom. The number of carbonyl (C=O) groups excluding carboxylic acids is 3. The molecule has 0 bridgehead atoms. The number of rotatable bonds is 7. The largest absolute Gasteiger partial charge is 0.455 e. The highest BCUT2D eigenvalue weighted by atomic mass is 19.1. The first-order chi connectivity index (χ1) is 12.9. The number of nitrogens with one attached hydrogen (secondary N) is 2. The number of halogens is 2. The third kappa shape index (κ3) is 6.18. The zero-order valence-corrected chi connectivity index (χ0v) is 14.5. The number of carbonyl (C=O) groups is 3. The summed E-state index contributed by atoms with van der Waals surface area (Å²) in [5.74, 6) is -3.84. The number of esters is 1. The van der Waals surface area contributed by atoms with Crippen molar-refractivity contribution in [1.82, 2.24) is 5.32 Å². The van der Waals surface area contributed by atoms with Crippen LogP contribution in [0.2, 0.25) is 0 Å². The van der Waals surface area contributed by atoms with Gasteiger partial charge in [0.05, 0.1) is 12.5 Å². The van der Waals surface area contributed by atoms with Crippen molar-refractivity contribution in [3.63, 3.8) is 0 Å². The molecule has 0 aliphatic carbocycles. The molecule has 6 nitrogen and oxygen atoms in total. The van der Waals surface area contributed by atoms with Crippen molar-refractivity contribution < 1.29 is 27.9 Å². The third-order valence-corrected chi connectivity index (χ3v) is 3.54. The van der Waals surface area contributed by atoms with Crippen molar-refractivity contribution in [1.29, 1.82) is 0 Å². The van der Waals surface area contributed by atoms with Crippen LogP contribution in [0.4, 0.5) is 14.5 Å². The van der Waals surface area contributed by atoms with Crippen molar-refractivity contribution in [2.75, 3.05) is 11.9 Å². The molecule has 0 aromatic heterocycles. The number of ether oxygens (including phenoxy) is 1. The molecule has 2 amide bonds. The molecular weight excluding hydrogens is 358 g/mol. The molecule has 142 valence electrons. The van der Waals surface area contributed by atoms with Gasteiger partial charge in [0, 0.05) is 6.92 Å². The lowest BCUT2D eigenvalue weighted by Crippen LogP contribution is -2.29. The normalized spacial score (nSPS) is 11.4. The van der Waals surface area contributed by atoms with Crippen LogP contribution >= 0.6 is 0 Å². The number of anilines is 1. The molecule has 0 aliphatic rings. The van der Waals surface area contributed by atoms with Crippen LogP contribution in [0.3, 0.4) is 0 Å². The highest BCUT2D eigenvalue weighted by Crippen LogP contribution is 2.19. The Bertz CT molecular complexity index is 807. The van der Waals surface area contributed by atoms with Crippen LogP contribution < -0.4 is 10.6 Å². The van der Waals surface area contributed by atoms with E-state index < -0.39 is 41.8 Å². The van der Waals surface area contributed by atoms with Gasteiger partial charge >= 0.3 is 5.97 Å². The molecule has 2 N–H and O–H groups in total. The van der Waals surface area contributed by atoms with Crippen LogP contribution in [-0.4, -0.2) is 24.4 Å². The molecule has 27 heavy (non-hydrogen) atoms. The Kier molecular flexibility index (Phi) is 6.99. The highest BCUT2D eigenvalue weighted by Gasteiger charge is 2.19. The van der Waals surface area contributed by atoms with Crippen LogP contribution in [0.1, 0.15) is 24.9 Å². The standard InChI is InChI=1S/C19H18F2N2O4/c1-12(24)22-16(13-6-3-2-4-7-13)10-18(26)27-11-17(25)23-19-14(20)8-5-9-15(19)21/h2-9,16H,10-11H2,1H3,(H,22,24)(H,23,25)/t16-/m1/s1. The lowest BCUT2D eigenvalue weighted by atomic mass is 10.0. The van der Waals surface area contributed by atoms with E-state index in [0.29, 0.717) is 5.56 Å². The van der Waals surface area contributed by atoms with Gasteiger partial charge in [-0.1, -0.05) is 36.4 Å². The predicted octanol–water partition coefficient (Wildman–Crippen LogP) is 2.71. The second kappa shape index (κ2) is 9.42. The molecule has 0 fully saturated rings. The summed E-state index contributed by atoms with van der Waals surface area (Å²) in [5, 5.41) is 4.65. The summed E-state index contributed by atoms with van der Waals surface area (Å²) in [5.41, 5.74) is 0.0847. The minimum atomic E-state index is -0.940. The Labute approximate surface area is 154 Å². The Balaban J connectivity index is 1.92. The van der Waals surface area contributed by atoms with Gasteiger partial charge in [0.2, 0.25) is 5.91 Å². The van der Waals surface area contributed by atoms with Gasteiger partial charge in [-0.3, -0.25) is 14.4 Å². The van der Waals surface area contributed by atoms with Crippen molar-refractivity contribution in [3.8, 4) is 0 Å². The minimum Gasteiger partial charge on any atom is -0.455 e. The number of amides is 2. The van der Waals surface area contributed by atoms with Crippen LogP contribution in [0.5, 0.6) is 0 Å². The molecule has 0 saturated heterocycles. The molecular formula is C19H18F2N2O4. The maximum atomic E-state index is 13.5. The van der Waals surface area contributed by atoms with Crippen molar-refractivity contribution in [2.45, 2.75) is 19.4 Å². The third-order valence-electron chi connectivity index (χ3n) is 3.54. The fraction of sp³-hybridized carbons (Fsp3) is 0.211. The fourth-order valence-electron chi connectivity index (χ4n) is 2.35. The van der Waals surface area contributed by atoms with E-state index in [1.165, 1.54) is 6.92 Å². The molecule has 0 spiro atoms. The maximum absolute atomic E-state index is 13.5. The summed E-state index contributed by atoms with van der Waals surface area (Å²) in [4.78, 5) is 35.1. The summed E-state index contributed by atoms with van der Waals surface area (Å²) in [6.07, 6.45) is -0.203. The van der Waals surface area contributed by atoms with E-state index in [1.54, 1.807) is 30.3 Å². The van der Waals surface area contributed by atoms with E-state index in [1.807, 2.05) is 5.32 Å². The number of hydrogen-bond donors (Lipinski definition) is 2. The molecule has 8 heteroatoms. The van der Waals surface area contributed by atoms with Gasteiger partial charge < -0.3 is 15.4 Å². The van der Waals surface area contributed by atoms with Crippen molar-refractivity contribution >= 4 is 23.5 Å². The van der Waals surface area contributed by atoms with Gasteiger partial charge in [0.1, 0.15) is 17.3 Å². The molecule has 0 aliphatic heterocycles. The highest BCUT2D eigenvalue weighted by molar-refractivity contribution is 5.93. The number of hydrogen-bond acceptors (Lipinski definition) is 4. The van der Waals surface area contributed by atoms with Crippen molar-refractivity contribution in [3.05, 3.63) is 65.7 Å². The summed E-state index contributed by atoms with van der Waals surface area (Å²) < 4.78 is 31.8. The second-order valence-corrected chi connectivity index (χ2v) is 5.67. The van der Waals surface area contributed by atoms with Gasteiger partial charge in [-0.2, -0.15) is 0 Å². The maximum Gasteiger partial charge on any atom is 0.308 e. The van der Waals surface area contributed by atoms with Crippen LogP contribution in [-0.2, 0) is 19.1 Å². The molecule has 2 rings (SSSR count). The first-order valence-corrected chi connectivity index (χ1v) is 8.08. The molecule has 0 heterocycles. The van der Waals surface area contributed by atoms with E-state index in [0.717, 1.165) is 18.2 Å². The van der Waals surface area contributed by atoms with Crippen LogP contribution in [0.15, 0.2) is 48.5 Å². The quantitative estimate of drug-likeness (QED) is 0.728. The van der Waals surface area contributed by atoms with Crippen LogP contribution in [0, 0.1) is 11.6 Å². The predicted molar refractivity (Wildman–Crippen MR) is 93.6 cm³/mol. The SMILES string of the molecule is CC(=O)N[C@H](CC(=O)OCC(=O)Nc1c(F)cccc1F)c1ccccc1. The first kappa shape index (κ1) is 20.0. The topological polar surface area (TPSA) is 84.5 Å². The molecule has 2 aromatic rings. The van der Waals surface area contributed by atoms with Crippen molar-refractivity contribution in [2.24, 2.45) is 0 Å². The molecule has 0 radical (unpaired) electrons. The van der Waals surface area contributed by atoms with Gasteiger partial charge in [0.15, 0.2) is 6.61 Å². The van der Waals surface area contributed by atoms with Gasteiger partial charge in [-0.15, -0.1) is 0 Å². The van der Waals surface area contributed by atoms with Gasteiger partial charge in [-0.05, 0) is 17.7 Å². The summed E-state index contributed by atoms with van der Waals surface area (Å²) in [6.45, 7) is 0.603. The van der Waals surface area contributed by atoms with Gasteiger partial charge in [-0.25, -0.2) is 8.78 Å². The Hall–Kier alpha value is -3.29. The summed E-state index contributed by atoms with van der Waals surface area (Å²) >= 11 is 0. The zero-order chi connectivity index (χ0) is 19.8. The van der Waals surface area contributed by atoms with E-state index in [4.69, 9.17) is 4.74 Å². The number of para-hydroxylation sites is 1. The lowest BCUT2D eigenvalue weighted by Gasteiger charge is -2.17. The average Bonchev–Trinajstić information content (AvgIpc) is 2.63. The Morgan fingerprint density at radius 2 is 1.63 bits per heavy atom. The van der Waals surface area contributed by atoms with E-state index in [2.05, 4.69) is 5.32 Å². The first-order valence-electron chi connectivity index (χ1n) is 8.08. The van der Waals surface area contributed by atoms with Crippen LogP contribution in [0.25, 0.3) is 0 Å². The minimum absolute atomic E-state index is 0.203. The Morgan fingerprint density at radius 1 is 1.00 bits per heavy atom. The molecule has 0 unspecified atom stereocenters. The lowest BCUT2D eigenvalue weighted by molar-refractivity contribution is -0.148.